The molecule has 1 saturated carbocycles. The van der Waals surface area contributed by atoms with Gasteiger partial charge in [-0.15, -0.1) is 10.2 Å². The number of nitrogens with zero attached hydrogens (tertiary/aromatic N) is 2. The Bertz CT molecular complexity index is 591. The molecule has 0 amide bonds. The highest BCUT2D eigenvalue weighted by atomic mass is 35.5. The van der Waals surface area contributed by atoms with Crippen molar-refractivity contribution in [1.82, 2.24) is 10.2 Å². The molecular formula is C16H20ClN3. The van der Waals surface area contributed by atoms with Crippen LogP contribution in [-0.2, 0) is 0 Å². The number of nitrogens with one attached hydrogen (secondary N) is 1. The molecule has 4 heteroatoms. The molecule has 20 heavy (non-hydrogen) atoms. The Hall–Kier alpha value is -1.35. The van der Waals surface area contributed by atoms with E-state index >= 15 is 0 Å². The summed E-state index contributed by atoms with van der Waals surface area (Å²) in [5.74, 6) is 1.77. The van der Waals surface area contributed by atoms with Gasteiger partial charge in [-0.2, -0.15) is 0 Å². The molecular weight excluding hydrogens is 270 g/mol. The average molecular weight is 290 g/mol. The lowest BCUT2D eigenvalue weighted by atomic mass is 9.84. The highest BCUT2D eigenvalue weighted by molar-refractivity contribution is 6.34. The number of halogens is 1. The predicted octanol–water partition coefficient (Wildman–Crippen LogP) is 4.66. The molecule has 1 N–H and O–H groups in total. The van der Waals surface area contributed by atoms with Gasteiger partial charge < -0.3 is 5.32 Å². The normalized spacial score (nSPS) is 22.9. The van der Waals surface area contributed by atoms with Crippen LogP contribution in [0.2, 0.25) is 5.15 Å². The molecule has 2 aromatic rings. The Morgan fingerprint density at radius 2 is 1.80 bits per heavy atom. The van der Waals surface area contributed by atoms with E-state index in [-0.39, 0.29) is 0 Å². The summed E-state index contributed by atoms with van der Waals surface area (Å²) < 4.78 is 0. The van der Waals surface area contributed by atoms with Gasteiger partial charge in [0.05, 0.1) is 0 Å². The molecule has 0 atom stereocenters. The Labute approximate surface area is 124 Å². The van der Waals surface area contributed by atoms with Crippen molar-refractivity contribution in [2.24, 2.45) is 5.92 Å². The van der Waals surface area contributed by atoms with Crippen molar-refractivity contribution in [2.75, 3.05) is 5.32 Å². The molecule has 1 aromatic carbocycles. The van der Waals surface area contributed by atoms with Gasteiger partial charge in [-0.25, -0.2) is 0 Å². The van der Waals surface area contributed by atoms with Crippen LogP contribution in [0.3, 0.4) is 0 Å². The van der Waals surface area contributed by atoms with Gasteiger partial charge in [0.2, 0.25) is 0 Å². The van der Waals surface area contributed by atoms with Crippen LogP contribution in [0.1, 0.15) is 39.0 Å². The van der Waals surface area contributed by atoms with Crippen LogP contribution in [0.4, 0.5) is 5.82 Å². The van der Waals surface area contributed by atoms with E-state index in [0.717, 1.165) is 22.5 Å². The van der Waals surface area contributed by atoms with Gasteiger partial charge in [-0.1, -0.05) is 49.2 Å². The van der Waals surface area contributed by atoms with Crippen LogP contribution in [0.15, 0.2) is 24.3 Å². The standard InChI is InChI=1S/C16H20ClN3/c1-2-11-7-9-12(10-8-11)18-16-14-6-4-3-5-13(14)15(17)19-20-16/h3-6,11-12H,2,7-10H2,1H3,(H,18,20). The first-order valence-corrected chi connectivity index (χ1v) is 7.83. The second-order valence-electron chi connectivity index (χ2n) is 5.66. The summed E-state index contributed by atoms with van der Waals surface area (Å²) in [6.07, 6.45) is 6.37. The van der Waals surface area contributed by atoms with E-state index in [2.05, 4.69) is 28.5 Å². The van der Waals surface area contributed by atoms with Crippen molar-refractivity contribution >= 4 is 28.2 Å². The van der Waals surface area contributed by atoms with Crippen LogP contribution in [-0.4, -0.2) is 16.2 Å². The molecule has 0 spiro atoms. The van der Waals surface area contributed by atoms with Gasteiger partial charge in [-0.05, 0) is 31.6 Å². The molecule has 1 fully saturated rings. The van der Waals surface area contributed by atoms with E-state index in [1.807, 2.05) is 18.2 Å². The fraction of sp³-hybridized carbons (Fsp3) is 0.500. The zero-order valence-corrected chi connectivity index (χ0v) is 12.5. The van der Waals surface area contributed by atoms with E-state index in [9.17, 15) is 0 Å². The SMILES string of the molecule is CCC1CCC(Nc2nnc(Cl)c3ccccc23)CC1. The van der Waals surface area contributed by atoms with Gasteiger partial charge in [0.1, 0.15) is 0 Å². The second-order valence-corrected chi connectivity index (χ2v) is 6.01. The summed E-state index contributed by atoms with van der Waals surface area (Å²) >= 11 is 6.11. The zero-order valence-electron chi connectivity index (χ0n) is 11.8. The Morgan fingerprint density at radius 1 is 1.10 bits per heavy atom. The topological polar surface area (TPSA) is 37.8 Å². The van der Waals surface area contributed by atoms with Crippen LogP contribution < -0.4 is 5.32 Å². The second kappa shape index (κ2) is 5.96. The van der Waals surface area contributed by atoms with Crippen molar-refractivity contribution < 1.29 is 0 Å². The van der Waals surface area contributed by atoms with Crippen molar-refractivity contribution in [1.29, 1.82) is 0 Å². The van der Waals surface area contributed by atoms with E-state index in [1.54, 1.807) is 0 Å². The van der Waals surface area contributed by atoms with Crippen molar-refractivity contribution in [3.63, 3.8) is 0 Å². The summed E-state index contributed by atoms with van der Waals surface area (Å²) in [7, 11) is 0. The molecule has 1 aromatic heterocycles. The molecule has 1 aliphatic rings. The third-order valence-corrected chi connectivity index (χ3v) is 4.69. The lowest BCUT2D eigenvalue weighted by molar-refractivity contribution is 0.330. The van der Waals surface area contributed by atoms with Crippen LogP contribution in [0.5, 0.6) is 0 Å². The minimum absolute atomic E-state index is 0.473. The molecule has 0 unspecified atom stereocenters. The third-order valence-electron chi connectivity index (χ3n) is 4.41. The monoisotopic (exact) mass is 289 g/mol. The molecule has 0 radical (unpaired) electrons. The fourth-order valence-electron chi connectivity index (χ4n) is 3.09. The molecule has 0 bridgehead atoms. The molecule has 3 nitrogen and oxygen atoms in total. The summed E-state index contributed by atoms with van der Waals surface area (Å²) in [4.78, 5) is 0. The summed E-state index contributed by atoms with van der Waals surface area (Å²) in [6, 6.07) is 8.55. The highest BCUT2D eigenvalue weighted by Crippen LogP contribution is 2.31. The van der Waals surface area contributed by atoms with E-state index in [0.29, 0.717) is 11.2 Å². The van der Waals surface area contributed by atoms with Crippen molar-refractivity contribution in [3.8, 4) is 0 Å². The first-order chi connectivity index (χ1) is 9.78. The number of rotatable bonds is 3. The predicted molar refractivity (Wildman–Crippen MR) is 84.2 cm³/mol. The molecule has 1 heterocycles. The molecule has 3 rings (SSSR count). The van der Waals surface area contributed by atoms with E-state index < -0.39 is 0 Å². The Kier molecular flexibility index (Phi) is 4.06. The lowest BCUT2D eigenvalue weighted by Crippen LogP contribution is -2.26. The quantitative estimate of drug-likeness (QED) is 0.893. The van der Waals surface area contributed by atoms with E-state index in [4.69, 9.17) is 11.6 Å². The van der Waals surface area contributed by atoms with E-state index in [1.165, 1.54) is 32.1 Å². The summed E-state index contributed by atoms with van der Waals surface area (Å²) in [6.45, 7) is 2.29. The van der Waals surface area contributed by atoms with Crippen molar-refractivity contribution in [3.05, 3.63) is 29.4 Å². The van der Waals surface area contributed by atoms with Crippen LogP contribution >= 0.6 is 11.6 Å². The van der Waals surface area contributed by atoms with Gasteiger partial charge >= 0.3 is 0 Å². The maximum atomic E-state index is 6.11. The maximum Gasteiger partial charge on any atom is 0.159 e. The average Bonchev–Trinajstić information content (AvgIpc) is 2.51. The summed E-state index contributed by atoms with van der Waals surface area (Å²) in [5, 5.41) is 14.4. The largest absolute Gasteiger partial charge is 0.365 e. The number of benzene rings is 1. The number of hydrogen-bond donors (Lipinski definition) is 1. The lowest BCUT2D eigenvalue weighted by Gasteiger charge is -2.28. The minimum atomic E-state index is 0.473. The van der Waals surface area contributed by atoms with Gasteiger partial charge in [-0.3, -0.25) is 0 Å². The third kappa shape index (κ3) is 2.73. The summed E-state index contributed by atoms with van der Waals surface area (Å²) in [5.41, 5.74) is 0. The van der Waals surface area contributed by atoms with Crippen LogP contribution in [0, 0.1) is 5.92 Å². The molecule has 1 aliphatic carbocycles. The minimum Gasteiger partial charge on any atom is -0.365 e. The van der Waals surface area contributed by atoms with Gasteiger partial charge in [0, 0.05) is 16.8 Å². The maximum absolute atomic E-state index is 6.11. The molecule has 106 valence electrons. The number of fused-ring (bicyclic) bond motifs is 1. The number of aromatic nitrogens is 2. The highest BCUT2D eigenvalue weighted by Gasteiger charge is 2.21. The van der Waals surface area contributed by atoms with Crippen molar-refractivity contribution in [2.45, 2.75) is 45.1 Å². The Balaban J connectivity index is 1.80. The van der Waals surface area contributed by atoms with Gasteiger partial charge in [0.25, 0.3) is 0 Å². The first-order valence-electron chi connectivity index (χ1n) is 7.45. The number of anilines is 1. The molecule has 0 aliphatic heterocycles. The molecule has 0 saturated heterocycles. The fourth-order valence-corrected chi connectivity index (χ4v) is 3.29. The smallest absolute Gasteiger partial charge is 0.159 e. The van der Waals surface area contributed by atoms with Crippen LogP contribution in [0.25, 0.3) is 10.8 Å². The number of hydrogen-bond acceptors (Lipinski definition) is 3. The zero-order chi connectivity index (χ0) is 13.9. The Morgan fingerprint density at radius 3 is 2.50 bits per heavy atom. The van der Waals surface area contributed by atoms with Gasteiger partial charge in [0.15, 0.2) is 11.0 Å². The first kappa shape index (κ1) is 13.6.